The quantitative estimate of drug-likeness (QED) is 0.298. The van der Waals surface area contributed by atoms with Crippen LogP contribution in [0.15, 0.2) is 46.2 Å². The maximum atomic E-state index is 14.5. The number of nitrogens with zero attached hydrogens (tertiary/aromatic N) is 4. The first-order valence-electron chi connectivity index (χ1n) is 9.16. The third kappa shape index (κ3) is 5.78. The van der Waals surface area contributed by atoms with Crippen LogP contribution in [0.2, 0.25) is 0 Å². The highest BCUT2D eigenvalue weighted by molar-refractivity contribution is 14.0. The van der Waals surface area contributed by atoms with E-state index in [1.807, 2.05) is 19.1 Å². The maximum absolute atomic E-state index is 14.5. The van der Waals surface area contributed by atoms with Crippen molar-refractivity contribution in [1.82, 2.24) is 25.3 Å². The topological polar surface area (TPSA) is 80.3 Å². The molecule has 0 aliphatic carbocycles. The van der Waals surface area contributed by atoms with Crippen molar-refractivity contribution in [1.29, 1.82) is 0 Å². The lowest BCUT2D eigenvalue weighted by Gasteiger charge is -2.12. The van der Waals surface area contributed by atoms with Gasteiger partial charge >= 0.3 is 0 Å². The lowest BCUT2D eigenvalue weighted by atomic mass is 10.1. The van der Waals surface area contributed by atoms with Crippen LogP contribution in [-0.4, -0.2) is 27.7 Å². The van der Waals surface area contributed by atoms with Crippen molar-refractivity contribution < 1.29 is 8.91 Å². The highest BCUT2D eigenvalue weighted by Gasteiger charge is 2.10. The molecule has 0 spiro atoms. The molecule has 2 N–H and O–H groups in total. The summed E-state index contributed by atoms with van der Waals surface area (Å²) >= 11 is 0. The minimum absolute atomic E-state index is 0. The average Bonchev–Trinajstić information content (AvgIpc) is 3.31. The first-order chi connectivity index (χ1) is 13.5. The Labute approximate surface area is 186 Å². The van der Waals surface area contributed by atoms with Gasteiger partial charge in [0, 0.05) is 32.1 Å². The van der Waals surface area contributed by atoms with Crippen LogP contribution in [0.25, 0.3) is 5.69 Å². The lowest BCUT2D eigenvalue weighted by Crippen LogP contribution is -2.36. The van der Waals surface area contributed by atoms with Gasteiger partial charge in [-0.05, 0) is 30.5 Å². The number of aliphatic imine (C=N–C) groups is 1. The Morgan fingerprint density at radius 2 is 2.00 bits per heavy atom. The molecule has 2 aromatic heterocycles. The Kier molecular flexibility index (Phi) is 8.18. The van der Waals surface area contributed by atoms with E-state index in [-0.39, 0.29) is 29.8 Å². The molecule has 2 heterocycles. The SMILES string of the molecule is CN=C(NCc1ccc(-n2ccnc2C)c(F)c1)NCc1cc(C(C)C)no1.I. The van der Waals surface area contributed by atoms with E-state index in [1.165, 1.54) is 6.07 Å². The van der Waals surface area contributed by atoms with Crippen LogP contribution in [0, 0.1) is 12.7 Å². The summed E-state index contributed by atoms with van der Waals surface area (Å²) in [4.78, 5) is 8.31. The van der Waals surface area contributed by atoms with E-state index in [0.29, 0.717) is 30.7 Å². The Morgan fingerprint density at radius 3 is 2.59 bits per heavy atom. The summed E-state index contributed by atoms with van der Waals surface area (Å²) < 4.78 is 21.5. The molecule has 0 aliphatic heterocycles. The molecule has 29 heavy (non-hydrogen) atoms. The number of rotatable bonds is 6. The Morgan fingerprint density at radius 1 is 1.24 bits per heavy atom. The molecule has 0 fully saturated rings. The van der Waals surface area contributed by atoms with E-state index < -0.39 is 0 Å². The molecule has 3 aromatic rings. The zero-order valence-electron chi connectivity index (χ0n) is 16.9. The predicted molar refractivity (Wildman–Crippen MR) is 121 cm³/mol. The predicted octanol–water partition coefficient (Wildman–Crippen LogP) is 3.91. The number of aromatic nitrogens is 3. The molecule has 1 aromatic carbocycles. The second kappa shape index (κ2) is 10.4. The lowest BCUT2D eigenvalue weighted by molar-refractivity contribution is 0.372. The molecule has 7 nitrogen and oxygen atoms in total. The highest BCUT2D eigenvalue weighted by Crippen LogP contribution is 2.17. The van der Waals surface area contributed by atoms with Gasteiger partial charge in [0.1, 0.15) is 11.6 Å². The summed E-state index contributed by atoms with van der Waals surface area (Å²) in [5.74, 6) is 2.09. The van der Waals surface area contributed by atoms with Crippen LogP contribution in [0.3, 0.4) is 0 Å². The number of benzene rings is 1. The fourth-order valence-corrected chi connectivity index (χ4v) is 2.75. The summed E-state index contributed by atoms with van der Waals surface area (Å²) in [5, 5.41) is 10.4. The van der Waals surface area contributed by atoms with Crippen molar-refractivity contribution in [2.24, 2.45) is 4.99 Å². The van der Waals surface area contributed by atoms with Gasteiger partial charge < -0.3 is 19.7 Å². The van der Waals surface area contributed by atoms with Crippen molar-refractivity contribution in [2.75, 3.05) is 7.05 Å². The summed E-state index contributed by atoms with van der Waals surface area (Å²) in [6.45, 7) is 6.87. The summed E-state index contributed by atoms with van der Waals surface area (Å²) in [6.07, 6.45) is 3.39. The second-order valence-corrected chi connectivity index (χ2v) is 6.78. The van der Waals surface area contributed by atoms with Crippen LogP contribution >= 0.6 is 24.0 Å². The fraction of sp³-hybridized carbons (Fsp3) is 0.350. The maximum Gasteiger partial charge on any atom is 0.191 e. The minimum atomic E-state index is -0.300. The molecule has 156 valence electrons. The van der Waals surface area contributed by atoms with Crippen LogP contribution in [0.5, 0.6) is 0 Å². The first kappa shape index (κ1) is 22.9. The second-order valence-electron chi connectivity index (χ2n) is 6.78. The third-order valence-corrected chi connectivity index (χ3v) is 4.38. The van der Waals surface area contributed by atoms with Gasteiger partial charge in [-0.2, -0.15) is 0 Å². The van der Waals surface area contributed by atoms with Crippen LogP contribution in [0.1, 0.15) is 42.6 Å². The molecule has 0 atom stereocenters. The van der Waals surface area contributed by atoms with Gasteiger partial charge in [-0.3, -0.25) is 4.99 Å². The zero-order valence-corrected chi connectivity index (χ0v) is 19.3. The number of guanidine groups is 1. The Bertz CT molecular complexity index is 966. The van der Waals surface area contributed by atoms with Gasteiger partial charge in [0.25, 0.3) is 0 Å². The van der Waals surface area contributed by atoms with Gasteiger partial charge in [0.2, 0.25) is 0 Å². The molecule has 9 heteroatoms. The third-order valence-electron chi connectivity index (χ3n) is 4.38. The van der Waals surface area contributed by atoms with Crippen molar-refractivity contribution in [3.63, 3.8) is 0 Å². The average molecular weight is 512 g/mol. The molecule has 0 saturated heterocycles. The van der Waals surface area contributed by atoms with Gasteiger partial charge in [0.05, 0.1) is 17.9 Å². The number of aryl methyl sites for hydroxylation is 1. The van der Waals surface area contributed by atoms with Gasteiger partial charge in [-0.15, -0.1) is 24.0 Å². The smallest absolute Gasteiger partial charge is 0.191 e. The number of nitrogens with one attached hydrogen (secondary N) is 2. The Balaban J connectivity index is 0.00000300. The van der Waals surface area contributed by atoms with E-state index in [1.54, 1.807) is 30.1 Å². The monoisotopic (exact) mass is 512 g/mol. The van der Waals surface area contributed by atoms with E-state index >= 15 is 0 Å². The first-order valence-corrected chi connectivity index (χ1v) is 9.16. The summed E-state index contributed by atoms with van der Waals surface area (Å²) in [7, 11) is 1.68. The molecule has 0 aliphatic rings. The molecule has 0 amide bonds. The highest BCUT2D eigenvalue weighted by atomic mass is 127. The number of imidazole rings is 1. The van der Waals surface area contributed by atoms with Gasteiger partial charge in [-0.25, -0.2) is 9.37 Å². The standard InChI is InChI=1S/C20H25FN6O.HI/c1-13(2)18-10-16(28-26-18)12-25-20(22-4)24-11-15-5-6-19(17(21)9-15)27-8-7-23-14(27)3;/h5-10,13H,11-12H2,1-4H3,(H2,22,24,25);1H. The van der Waals surface area contributed by atoms with Gasteiger partial charge in [-0.1, -0.05) is 25.1 Å². The van der Waals surface area contributed by atoms with Crippen LogP contribution in [-0.2, 0) is 13.1 Å². The van der Waals surface area contributed by atoms with Crippen molar-refractivity contribution in [3.05, 3.63) is 65.3 Å². The van der Waals surface area contributed by atoms with Crippen LogP contribution < -0.4 is 10.6 Å². The molecule has 0 radical (unpaired) electrons. The zero-order chi connectivity index (χ0) is 20.1. The molecule has 0 saturated carbocycles. The Hall–Kier alpha value is -2.43. The summed E-state index contributed by atoms with van der Waals surface area (Å²) in [6, 6.07) is 7.07. The molecule has 0 bridgehead atoms. The number of hydrogen-bond acceptors (Lipinski definition) is 4. The minimum Gasteiger partial charge on any atom is -0.359 e. The van der Waals surface area contributed by atoms with E-state index in [9.17, 15) is 4.39 Å². The van der Waals surface area contributed by atoms with Crippen LogP contribution in [0.4, 0.5) is 4.39 Å². The number of hydrogen-bond donors (Lipinski definition) is 2. The fourth-order valence-electron chi connectivity index (χ4n) is 2.75. The van der Waals surface area contributed by atoms with E-state index in [0.717, 1.165) is 22.8 Å². The van der Waals surface area contributed by atoms with Crippen molar-refractivity contribution >= 4 is 29.9 Å². The van der Waals surface area contributed by atoms with Crippen molar-refractivity contribution in [2.45, 2.75) is 39.8 Å². The summed E-state index contributed by atoms with van der Waals surface area (Å²) in [5.41, 5.74) is 2.21. The molecule has 3 rings (SSSR count). The van der Waals surface area contributed by atoms with E-state index in [4.69, 9.17) is 4.52 Å². The normalized spacial score (nSPS) is 11.4. The molecule has 0 unspecified atom stereocenters. The molecular weight excluding hydrogens is 486 g/mol. The molecular formula is C20H26FIN6O. The number of halogens is 2. The largest absolute Gasteiger partial charge is 0.359 e. The van der Waals surface area contributed by atoms with E-state index in [2.05, 4.69) is 39.6 Å². The van der Waals surface area contributed by atoms with Gasteiger partial charge in [0.15, 0.2) is 11.7 Å². The van der Waals surface area contributed by atoms with Crippen molar-refractivity contribution in [3.8, 4) is 5.69 Å².